The third-order valence-electron chi connectivity index (χ3n) is 4.08. The van der Waals surface area contributed by atoms with Gasteiger partial charge in [0, 0.05) is 18.3 Å². The molecule has 0 aliphatic carbocycles. The number of rotatable bonds is 5. The van der Waals surface area contributed by atoms with Gasteiger partial charge in [0.25, 0.3) is 0 Å². The number of benzene rings is 2. The second-order valence-corrected chi connectivity index (χ2v) is 6.76. The fraction of sp³-hybridized carbons (Fsp3) is 0.211. The van der Waals surface area contributed by atoms with E-state index in [9.17, 15) is 4.79 Å². The zero-order valence-corrected chi connectivity index (χ0v) is 15.3. The normalized spacial score (nSPS) is 10.7. The predicted molar refractivity (Wildman–Crippen MR) is 102 cm³/mol. The van der Waals surface area contributed by atoms with E-state index in [1.807, 2.05) is 74.0 Å². The standard InChI is InChI=1S/C19H20N4OS/c1-13-8-7-11-16(14(13)2)20-17(24)12-25-19-22-21-18(23(19)3)15-9-5-4-6-10-15/h4-11H,12H2,1-3H3,(H,20,24). The van der Waals surface area contributed by atoms with Crippen LogP contribution in [0.15, 0.2) is 53.7 Å². The van der Waals surface area contributed by atoms with Gasteiger partial charge in [-0.05, 0) is 31.0 Å². The number of nitrogens with one attached hydrogen (secondary N) is 1. The van der Waals surface area contributed by atoms with Crippen molar-refractivity contribution in [2.45, 2.75) is 19.0 Å². The molecule has 0 aliphatic rings. The second kappa shape index (κ2) is 7.53. The van der Waals surface area contributed by atoms with E-state index < -0.39 is 0 Å². The Balaban J connectivity index is 1.65. The van der Waals surface area contributed by atoms with Crippen LogP contribution in [-0.4, -0.2) is 26.4 Å². The van der Waals surface area contributed by atoms with Crippen LogP contribution in [0.25, 0.3) is 11.4 Å². The maximum Gasteiger partial charge on any atom is 0.234 e. The topological polar surface area (TPSA) is 59.8 Å². The Morgan fingerprint density at radius 3 is 2.60 bits per heavy atom. The number of thioether (sulfide) groups is 1. The summed E-state index contributed by atoms with van der Waals surface area (Å²) in [5.74, 6) is 1.02. The molecule has 0 saturated carbocycles. The largest absolute Gasteiger partial charge is 0.325 e. The molecule has 0 atom stereocenters. The lowest BCUT2D eigenvalue weighted by molar-refractivity contribution is -0.113. The predicted octanol–water partition coefficient (Wildman–Crippen LogP) is 3.83. The molecular formula is C19H20N4OS. The molecule has 0 fully saturated rings. The van der Waals surface area contributed by atoms with Crippen molar-refractivity contribution in [3.8, 4) is 11.4 Å². The van der Waals surface area contributed by atoms with Crippen LogP contribution in [0.2, 0.25) is 0 Å². The average Bonchev–Trinajstić information content (AvgIpc) is 2.99. The maximum absolute atomic E-state index is 12.2. The highest BCUT2D eigenvalue weighted by Crippen LogP contribution is 2.23. The van der Waals surface area contributed by atoms with Gasteiger partial charge in [-0.3, -0.25) is 4.79 Å². The summed E-state index contributed by atoms with van der Waals surface area (Å²) in [4.78, 5) is 12.2. The first-order valence-electron chi connectivity index (χ1n) is 8.00. The summed E-state index contributed by atoms with van der Waals surface area (Å²) in [6, 6.07) is 15.8. The van der Waals surface area contributed by atoms with Crippen LogP contribution in [-0.2, 0) is 11.8 Å². The number of carbonyl (C=O) groups is 1. The van der Waals surface area contributed by atoms with Gasteiger partial charge in [0.2, 0.25) is 5.91 Å². The van der Waals surface area contributed by atoms with Crippen LogP contribution >= 0.6 is 11.8 Å². The van der Waals surface area contributed by atoms with E-state index in [0.717, 1.165) is 33.4 Å². The number of anilines is 1. The van der Waals surface area contributed by atoms with Gasteiger partial charge in [0.05, 0.1) is 5.75 Å². The third-order valence-corrected chi connectivity index (χ3v) is 5.10. The minimum absolute atomic E-state index is 0.0528. The SMILES string of the molecule is Cc1cccc(NC(=O)CSc2nnc(-c3ccccc3)n2C)c1C. The highest BCUT2D eigenvalue weighted by molar-refractivity contribution is 7.99. The molecule has 1 N–H and O–H groups in total. The Morgan fingerprint density at radius 1 is 1.08 bits per heavy atom. The van der Waals surface area contributed by atoms with E-state index in [4.69, 9.17) is 0 Å². The lowest BCUT2D eigenvalue weighted by Crippen LogP contribution is -2.15. The Hall–Kier alpha value is -2.60. The molecule has 0 spiro atoms. The molecule has 0 aliphatic heterocycles. The first kappa shape index (κ1) is 17.2. The van der Waals surface area contributed by atoms with Gasteiger partial charge in [-0.25, -0.2) is 0 Å². The van der Waals surface area contributed by atoms with Crippen LogP contribution in [0.5, 0.6) is 0 Å². The molecule has 128 valence electrons. The summed E-state index contributed by atoms with van der Waals surface area (Å²) in [7, 11) is 1.91. The number of hydrogen-bond acceptors (Lipinski definition) is 4. The third kappa shape index (κ3) is 3.91. The fourth-order valence-corrected chi connectivity index (χ4v) is 3.19. The zero-order chi connectivity index (χ0) is 17.8. The van der Waals surface area contributed by atoms with Gasteiger partial charge < -0.3 is 9.88 Å². The molecule has 3 rings (SSSR count). The highest BCUT2D eigenvalue weighted by Gasteiger charge is 2.13. The molecule has 1 amide bonds. The number of aromatic nitrogens is 3. The first-order chi connectivity index (χ1) is 12.1. The minimum Gasteiger partial charge on any atom is -0.325 e. The van der Waals surface area contributed by atoms with Gasteiger partial charge >= 0.3 is 0 Å². The minimum atomic E-state index is -0.0528. The van der Waals surface area contributed by atoms with Gasteiger partial charge in [-0.2, -0.15) is 0 Å². The molecule has 2 aromatic carbocycles. The number of hydrogen-bond donors (Lipinski definition) is 1. The summed E-state index contributed by atoms with van der Waals surface area (Å²) in [5.41, 5.74) is 4.11. The van der Waals surface area contributed by atoms with Gasteiger partial charge in [0.1, 0.15) is 0 Å². The lowest BCUT2D eigenvalue weighted by Gasteiger charge is -2.10. The van der Waals surface area contributed by atoms with Crippen molar-refractivity contribution in [1.82, 2.24) is 14.8 Å². The van der Waals surface area contributed by atoms with Crippen LogP contribution in [0.4, 0.5) is 5.69 Å². The van der Waals surface area contributed by atoms with Crippen LogP contribution < -0.4 is 5.32 Å². The summed E-state index contributed by atoms with van der Waals surface area (Å²) in [5, 5.41) is 12.1. The molecule has 1 aromatic heterocycles. The molecule has 0 saturated heterocycles. The highest BCUT2D eigenvalue weighted by atomic mass is 32.2. The molecule has 25 heavy (non-hydrogen) atoms. The molecule has 6 heteroatoms. The quantitative estimate of drug-likeness (QED) is 0.709. The molecule has 0 unspecified atom stereocenters. The molecule has 3 aromatic rings. The Bertz CT molecular complexity index is 890. The van der Waals surface area contributed by atoms with Crippen molar-refractivity contribution < 1.29 is 4.79 Å². The van der Waals surface area contributed by atoms with E-state index in [1.165, 1.54) is 11.8 Å². The van der Waals surface area contributed by atoms with Crippen molar-refractivity contribution in [2.24, 2.45) is 7.05 Å². The maximum atomic E-state index is 12.2. The Labute approximate surface area is 151 Å². The smallest absolute Gasteiger partial charge is 0.234 e. The first-order valence-corrected chi connectivity index (χ1v) is 8.98. The number of nitrogens with zero attached hydrogens (tertiary/aromatic N) is 3. The number of carbonyl (C=O) groups excluding carboxylic acids is 1. The fourth-order valence-electron chi connectivity index (χ4n) is 2.48. The molecule has 5 nitrogen and oxygen atoms in total. The summed E-state index contributed by atoms with van der Waals surface area (Å²) in [6.07, 6.45) is 0. The second-order valence-electron chi connectivity index (χ2n) is 5.82. The van der Waals surface area contributed by atoms with E-state index in [0.29, 0.717) is 0 Å². The van der Waals surface area contributed by atoms with E-state index >= 15 is 0 Å². The van der Waals surface area contributed by atoms with Crippen LogP contribution in [0, 0.1) is 13.8 Å². The Morgan fingerprint density at radius 2 is 1.84 bits per heavy atom. The average molecular weight is 352 g/mol. The molecular weight excluding hydrogens is 332 g/mol. The van der Waals surface area contributed by atoms with E-state index in [1.54, 1.807) is 0 Å². The Kier molecular flexibility index (Phi) is 5.19. The van der Waals surface area contributed by atoms with Crippen LogP contribution in [0.1, 0.15) is 11.1 Å². The van der Waals surface area contributed by atoms with E-state index in [-0.39, 0.29) is 11.7 Å². The molecule has 0 bridgehead atoms. The molecule has 1 heterocycles. The zero-order valence-electron chi connectivity index (χ0n) is 14.5. The van der Waals surface area contributed by atoms with Crippen molar-refractivity contribution in [3.63, 3.8) is 0 Å². The van der Waals surface area contributed by atoms with Crippen molar-refractivity contribution >= 4 is 23.4 Å². The van der Waals surface area contributed by atoms with Gasteiger partial charge in [0.15, 0.2) is 11.0 Å². The van der Waals surface area contributed by atoms with Crippen molar-refractivity contribution in [2.75, 3.05) is 11.1 Å². The van der Waals surface area contributed by atoms with Gasteiger partial charge in [-0.15, -0.1) is 10.2 Å². The summed E-state index contributed by atoms with van der Waals surface area (Å²) >= 11 is 1.38. The van der Waals surface area contributed by atoms with Crippen molar-refractivity contribution in [1.29, 1.82) is 0 Å². The summed E-state index contributed by atoms with van der Waals surface area (Å²) < 4.78 is 1.91. The van der Waals surface area contributed by atoms with Crippen molar-refractivity contribution in [3.05, 3.63) is 59.7 Å². The monoisotopic (exact) mass is 352 g/mol. The van der Waals surface area contributed by atoms with Crippen LogP contribution in [0.3, 0.4) is 0 Å². The van der Waals surface area contributed by atoms with E-state index in [2.05, 4.69) is 15.5 Å². The summed E-state index contributed by atoms with van der Waals surface area (Å²) in [6.45, 7) is 4.04. The number of aryl methyl sites for hydroxylation is 1. The molecule has 0 radical (unpaired) electrons. The lowest BCUT2D eigenvalue weighted by atomic mass is 10.1. The number of amides is 1. The van der Waals surface area contributed by atoms with Gasteiger partial charge in [-0.1, -0.05) is 54.2 Å².